The maximum Gasteiger partial charge on any atom is 0.347 e. The SMILES string of the molecule is COCCOCCCn1cccnc1=O. The molecule has 5 heteroatoms. The van der Waals surface area contributed by atoms with Crippen LogP contribution in [0.2, 0.25) is 0 Å². The second-order valence-electron chi connectivity index (χ2n) is 3.05. The molecule has 0 radical (unpaired) electrons. The van der Waals surface area contributed by atoms with Crippen LogP contribution in [0.3, 0.4) is 0 Å². The van der Waals surface area contributed by atoms with E-state index >= 15 is 0 Å². The van der Waals surface area contributed by atoms with Gasteiger partial charge in [0.05, 0.1) is 13.2 Å². The molecule has 0 amide bonds. The van der Waals surface area contributed by atoms with Crippen molar-refractivity contribution in [3.8, 4) is 0 Å². The van der Waals surface area contributed by atoms with Crippen LogP contribution >= 0.6 is 0 Å². The first-order chi connectivity index (χ1) is 7.34. The van der Waals surface area contributed by atoms with Crippen molar-refractivity contribution in [3.05, 3.63) is 28.9 Å². The van der Waals surface area contributed by atoms with Crippen molar-refractivity contribution in [1.29, 1.82) is 0 Å². The summed E-state index contributed by atoms with van der Waals surface area (Å²) in [5.41, 5.74) is -0.214. The van der Waals surface area contributed by atoms with Crippen molar-refractivity contribution in [2.24, 2.45) is 0 Å². The van der Waals surface area contributed by atoms with Gasteiger partial charge in [-0.15, -0.1) is 0 Å². The summed E-state index contributed by atoms with van der Waals surface area (Å²) in [6.07, 6.45) is 4.02. The molecule has 0 saturated carbocycles. The van der Waals surface area contributed by atoms with Gasteiger partial charge in [0.1, 0.15) is 0 Å². The van der Waals surface area contributed by atoms with E-state index < -0.39 is 0 Å². The Bertz CT molecular complexity index is 324. The topological polar surface area (TPSA) is 53.4 Å². The van der Waals surface area contributed by atoms with Crippen LogP contribution in [0.1, 0.15) is 6.42 Å². The highest BCUT2D eigenvalue weighted by molar-refractivity contribution is 4.80. The second-order valence-corrected chi connectivity index (χ2v) is 3.05. The van der Waals surface area contributed by atoms with Crippen LogP contribution in [-0.4, -0.2) is 36.5 Å². The Labute approximate surface area is 88.7 Å². The minimum Gasteiger partial charge on any atom is -0.382 e. The monoisotopic (exact) mass is 212 g/mol. The van der Waals surface area contributed by atoms with Crippen LogP contribution in [-0.2, 0) is 16.0 Å². The van der Waals surface area contributed by atoms with Crippen LogP contribution in [0.4, 0.5) is 0 Å². The fraction of sp³-hybridized carbons (Fsp3) is 0.600. The summed E-state index contributed by atoms with van der Waals surface area (Å²) < 4.78 is 11.7. The highest BCUT2D eigenvalue weighted by atomic mass is 16.5. The van der Waals surface area contributed by atoms with Gasteiger partial charge in [0.25, 0.3) is 0 Å². The zero-order valence-electron chi connectivity index (χ0n) is 8.89. The number of aromatic nitrogens is 2. The third kappa shape index (κ3) is 4.71. The minimum atomic E-state index is -0.214. The third-order valence-electron chi connectivity index (χ3n) is 1.90. The lowest BCUT2D eigenvalue weighted by atomic mass is 10.4. The molecule has 1 heterocycles. The van der Waals surface area contributed by atoms with E-state index in [0.717, 1.165) is 6.42 Å². The largest absolute Gasteiger partial charge is 0.382 e. The third-order valence-corrected chi connectivity index (χ3v) is 1.90. The smallest absolute Gasteiger partial charge is 0.347 e. The summed E-state index contributed by atoms with van der Waals surface area (Å²) in [5.74, 6) is 0. The first-order valence-electron chi connectivity index (χ1n) is 4.92. The molecule has 0 spiro atoms. The molecule has 1 aromatic heterocycles. The quantitative estimate of drug-likeness (QED) is 0.610. The van der Waals surface area contributed by atoms with E-state index in [1.165, 1.54) is 6.20 Å². The minimum absolute atomic E-state index is 0.214. The number of nitrogens with zero attached hydrogens (tertiary/aromatic N) is 2. The van der Waals surface area contributed by atoms with Crippen LogP contribution in [0.5, 0.6) is 0 Å². The first-order valence-corrected chi connectivity index (χ1v) is 4.92. The van der Waals surface area contributed by atoms with Crippen LogP contribution < -0.4 is 5.69 Å². The molecule has 0 fully saturated rings. The molecule has 0 bridgehead atoms. The molecule has 0 N–H and O–H groups in total. The lowest BCUT2D eigenvalue weighted by Crippen LogP contribution is -2.22. The van der Waals surface area contributed by atoms with Gasteiger partial charge < -0.3 is 9.47 Å². The average molecular weight is 212 g/mol. The van der Waals surface area contributed by atoms with Crippen molar-refractivity contribution >= 4 is 0 Å². The predicted octanol–water partition coefficient (Wildman–Crippen LogP) is 0.296. The normalized spacial score (nSPS) is 10.5. The molecule has 0 atom stereocenters. The molecule has 15 heavy (non-hydrogen) atoms. The van der Waals surface area contributed by atoms with Crippen molar-refractivity contribution in [3.63, 3.8) is 0 Å². The Morgan fingerprint density at radius 2 is 2.27 bits per heavy atom. The molecule has 0 aliphatic rings. The summed E-state index contributed by atoms with van der Waals surface area (Å²) in [4.78, 5) is 14.8. The second kappa shape index (κ2) is 7.14. The van der Waals surface area contributed by atoms with Crippen LogP contribution in [0, 0.1) is 0 Å². The zero-order valence-corrected chi connectivity index (χ0v) is 8.89. The van der Waals surface area contributed by atoms with Crippen LogP contribution in [0.15, 0.2) is 23.3 Å². The van der Waals surface area contributed by atoms with E-state index in [-0.39, 0.29) is 5.69 Å². The van der Waals surface area contributed by atoms with E-state index in [1.54, 1.807) is 23.9 Å². The Balaban J connectivity index is 2.15. The molecule has 0 saturated heterocycles. The molecule has 0 aliphatic heterocycles. The zero-order chi connectivity index (χ0) is 10.9. The maximum atomic E-state index is 11.2. The number of hydrogen-bond acceptors (Lipinski definition) is 4. The number of aryl methyl sites for hydroxylation is 1. The molecule has 0 unspecified atom stereocenters. The Morgan fingerprint density at radius 3 is 3.00 bits per heavy atom. The summed E-state index contributed by atoms with van der Waals surface area (Å²) in [7, 11) is 1.64. The summed E-state index contributed by atoms with van der Waals surface area (Å²) in [6.45, 7) is 2.47. The highest BCUT2D eigenvalue weighted by Gasteiger charge is 1.94. The van der Waals surface area contributed by atoms with E-state index in [2.05, 4.69) is 4.98 Å². The fourth-order valence-electron chi connectivity index (χ4n) is 1.14. The van der Waals surface area contributed by atoms with E-state index in [1.807, 2.05) is 0 Å². The predicted molar refractivity (Wildman–Crippen MR) is 55.8 cm³/mol. The number of hydrogen-bond donors (Lipinski definition) is 0. The van der Waals surface area contributed by atoms with Gasteiger partial charge >= 0.3 is 5.69 Å². The number of rotatable bonds is 7. The van der Waals surface area contributed by atoms with Crippen molar-refractivity contribution in [1.82, 2.24) is 9.55 Å². The van der Waals surface area contributed by atoms with E-state index in [9.17, 15) is 4.79 Å². The van der Waals surface area contributed by atoms with Gasteiger partial charge in [0.15, 0.2) is 0 Å². The standard InChI is InChI=1S/C10H16N2O3/c1-14-8-9-15-7-3-6-12-5-2-4-11-10(12)13/h2,4-5H,3,6-9H2,1H3. The Hall–Kier alpha value is -1.20. The van der Waals surface area contributed by atoms with E-state index in [4.69, 9.17) is 9.47 Å². The molecule has 1 rings (SSSR count). The van der Waals surface area contributed by atoms with Gasteiger partial charge in [-0.05, 0) is 12.5 Å². The van der Waals surface area contributed by atoms with Gasteiger partial charge in [-0.25, -0.2) is 9.78 Å². The lowest BCUT2D eigenvalue weighted by molar-refractivity contribution is 0.0679. The number of ether oxygens (including phenoxy) is 2. The van der Waals surface area contributed by atoms with Gasteiger partial charge in [-0.3, -0.25) is 4.57 Å². The molecular weight excluding hydrogens is 196 g/mol. The summed E-state index contributed by atoms with van der Waals surface area (Å²) in [5, 5.41) is 0. The van der Waals surface area contributed by atoms with Gasteiger partial charge in [-0.1, -0.05) is 0 Å². The summed E-state index contributed by atoms with van der Waals surface area (Å²) >= 11 is 0. The van der Waals surface area contributed by atoms with Crippen molar-refractivity contribution < 1.29 is 9.47 Å². The highest BCUT2D eigenvalue weighted by Crippen LogP contribution is 1.88. The average Bonchev–Trinajstić information content (AvgIpc) is 2.25. The molecule has 0 aliphatic carbocycles. The van der Waals surface area contributed by atoms with Gasteiger partial charge in [0.2, 0.25) is 0 Å². The van der Waals surface area contributed by atoms with Gasteiger partial charge in [0, 0.05) is 32.7 Å². The fourth-order valence-corrected chi connectivity index (χ4v) is 1.14. The molecule has 1 aromatic rings. The molecule has 84 valence electrons. The molecular formula is C10H16N2O3. The first kappa shape index (κ1) is 11.9. The van der Waals surface area contributed by atoms with Crippen molar-refractivity contribution in [2.45, 2.75) is 13.0 Å². The Kier molecular flexibility index (Phi) is 5.65. The molecule has 5 nitrogen and oxygen atoms in total. The molecule has 0 aromatic carbocycles. The number of methoxy groups -OCH3 is 1. The van der Waals surface area contributed by atoms with Crippen molar-refractivity contribution in [2.75, 3.05) is 26.9 Å². The maximum absolute atomic E-state index is 11.2. The van der Waals surface area contributed by atoms with Gasteiger partial charge in [-0.2, -0.15) is 0 Å². The van der Waals surface area contributed by atoms with Crippen LogP contribution in [0.25, 0.3) is 0 Å². The van der Waals surface area contributed by atoms with E-state index in [0.29, 0.717) is 26.4 Å². The summed E-state index contributed by atoms with van der Waals surface area (Å²) in [6, 6.07) is 1.74. The lowest BCUT2D eigenvalue weighted by Gasteiger charge is -2.05. The Morgan fingerprint density at radius 1 is 1.40 bits per heavy atom.